The minimum atomic E-state index is -0.238. The third-order valence-corrected chi connectivity index (χ3v) is 5.59. The Balaban J connectivity index is 1.65. The molecule has 0 atom stereocenters. The zero-order chi connectivity index (χ0) is 20.5. The highest BCUT2D eigenvalue weighted by Crippen LogP contribution is 2.19. The fraction of sp³-hybridized carbons (Fsp3) is 0.400. The third-order valence-electron chi connectivity index (χ3n) is 5.34. The van der Waals surface area contributed by atoms with Crippen LogP contribution in [0.25, 0.3) is 17.2 Å². The summed E-state index contributed by atoms with van der Waals surface area (Å²) in [6, 6.07) is 7.15. The fourth-order valence-corrected chi connectivity index (χ4v) is 3.63. The smallest absolute Gasteiger partial charge is 0.279 e. The van der Waals surface area contributed by atoms with E-state index >= 15 is 0 Å². The van der Waals surface area contributed by atoms with E-state index in [9.17, 15) is 9.59 Å². The molecule has 4 rings (SSSR count). The summed E-state index contributed by atoms with van der Waals surface area (Å²) in [6.45, 7) is 4.19. The highest BCUT2D eigenvalue weighted by Gasteiger charge is 2.20. The molecule has 0 bridgehead atoms. The fourth-order valence-electron chi connectivity index (χ4n) is 3.50. The van der Waals surface area contributed by atoms with Gasteiger partial charge in [0.1, 0.15) is 0 Å². The van der Waals surface area contributed by atoms with Crippen LogP contribution in [0.2, 0.25) is 5.02 Å². The van der Waals surface area contributed by atoms with Crippen LogP contribution in [-0.4, -0.2) is 56.3 Å². The Morgan fingerprint density at radius 3 is 2.59 bits per heavy atom. The molecule has 152 valence electrons. The summed E-state index contributed by atoms with van der Waals surface area (Å²) in [5.41, 5.74) is 1.90. The van der Waals surface area contributed by atoms with Gasteiger partial charge < -0.3 is 14.2 Å². The van der Waals surface area contributed by atoms with Gasteiger partial charge >= 0.3 is 0 Å². The molecule has 1 fully saturated rings. The minimum Gasteiger partial charge on any atom is -0.378 e. The number of carbonyl (C=O) groups is 1. The summed E-state index contributed by atoms with van der Waals surface area (Å²) < 4.78 is 8.43. The van der Waals surface area contributed by atoms with Gasteiger partial charge in [-0.2, -0.15) is 9.50 Å². The van der Waals surface area contributed by atoms with Crippen LogP contribution in [0.3, 0.4) is 0 Å². The maximum Gasteiger partial charge on any atom is 0.279 e. The van der Waals surface area contributed by atoms with Gasteiger partial charge in [0.2, 0.25) is 11.7 Å². The molecular formula is C20H22ClN5O3. The second-order valence-electron chi connectivity index (χ2n) is 7.08. The number of nitrogens with zero attached hydrogens (tertiary/aromatic N) is 5. The van der Waals surface area contributed by atoms with E-state index in [0.717, 1.165) is 11.3 Å². The Hall–Kier alpha value is -2.71. The van der Waals surface area contributed by atoms with Gasteiger partial charge in [-0.1, -0.05) is 11.6 Å². The third kappa shape index (κ3) is 3.77. The summed E-state index contributed by atoms with van der Waals surface area (Å²) in [4.78, 5) is 31.9. The minimum absolute atomic E-state index is 0.0373. The maximum atomic E-state index is 13.1. The Bertz CT molecular complexity index is 1110. The van der Waals surface area contributed by atoms with E-state index in [2.05, 4.69) is 10.1 Å². The molecule has 1 aliphatic heterocycles. The topological polar surface area (TPSA) is 81.7 Å². The zero-order valence-corrected chi connectivity index (χ0v) is 17.1. The predicted molar refractivity (Wildman–Crippen MR) is 109 cm³/mol. The monoisotopic (exact) mass is 415 g/mol. The standard InChI is InChI=1S/C20H22ClN5O3/c1-13-16(7-8-17(27)25-9-11-29-12-10-25)19(28)26-20(24(13)2)22-18(23-26)14-3-5-15(21)6-4-14/h3-6H,7-12H2,1-2H3. The Morgan fingerprint density at radius 1 is 1.21 bits per heavy atom. The van der Waals surface area contributed by atoms with Gasteiger partial charge in [-0.3, -0.25) is 9.59 Å². The lowest BCUT2D eigenvalue weighted by Gasteiger charge is -2.26. The van der Waals surface area contributed by atoms with Crippen molar-refractivity contribution in [3.05, 3.63) is 50.9 Å². The van der Waals surface area contributed by atoms with Crippen LogP contribution in [0, 0.1) is 6.92 Å². The van der Waals surface area contributed by atoms with Crippen molar-refractivity contribution in [1.82, 2.24) is 24.1 Å². The van der Waals surface area contributed by atoms with Crippen LogP contribution in [0.15, 0.2) is 29.1 Å². The van der Waals surface area contributed by atoms with Crippen molar-refractivity contribution in [2.24, 2.45) is 7.05 Å². The number of aromatic nitrogens is 4. The molecule has 1 saturated heterocycles. The summed E-state index contributed by atoms with van der Waals surface area (Å²) in [6.07, 6.45) is 0.640. The van der Waals surface area contributed by atoms with Crippen molar-refractivity contribution in [3.8, 4) is 11.4 Å². The van der Waals surface area contributed by atoms with Crippen LogP contribution in [0.4, 0.5) is 0 Å². The van der Waals surface area contributed by atoms with E-state index in [1.54, 1.807) is 17.0 Å². The average molecular weight is 416 g/mol. The van der Waals surface area contributed by atoms with Gasteiger partial charge in [0.05, 0.1) is 13.2 Å². The van der Waals surface area contributed by atoms with Gasteiger partial charge in [0.15, 0.2) is 5.82 Å². The van der Waals surface area contributed by atoms with Crippen molar-refractivity contribution < 1.29 is 9.53 Å². The summed E-state index contributed by atoms with van der Waals surface area (Å²) in [5.74, 6) is 0.950. The Labute approximate surface area is 172 Å². The zero-order valence-electron chi connectivity index (χ0n) is 16.4. The molecule has 3 heterocycles. The van der Waals surface area contributed by atoms with Gasteiger partial charge in [0.25, 0.3) is 5.56 Å². The first kappa shape index (κ1) is 19.6. The van der Waals surface area contributed by atoms with Crippen LogP contribution >= 0.6 is 11.6 Å². The first-order valence-corrected chi connectivity index (χ1v) is 9.90. The van der Waals surface area contributed by atoms with Crippen molar-refractivity contribution in [1.29, 1.82) is 0 Å². The Kier molecular flexibility index (Phi) is 5.38. The van der Waals surface area contributed by atoms with Gasteiger partial charge in [0, 0.05) is 48.4 Å². The van der Waals surface area contributed by atoms with Gasteiger partial charge in [-0.05, 0) is 37.6 Å². The molecule has 8 nitrogen and oxygen atoms in total. The van der Waals surface area contributed by atoms with Crippen LogP contribution in [-0.2, 0) is 23.0 Å². The molecular weight excluding hydrogens is 394 g/mol. The van der Waals surface area contributed by atoms with Crippen molar-refractivity contribution >= 4 is 23.3 Å². The van der Waals surface area contributed by atoms with E-state index in [-0.39, 0.29) is 17.9 Å². The second kappa shape index (κ2) is 7.96. The number of morpholine rings is 1. The largest absolute Gasteiger partial charge is 0.378 e. The number of aryl methyl sites for hydroxylation is 1. The average Bonchev–Trinajstić information content (AvgIpc) is 3.19. The molecule has 0 radical (unpaired) electrons. The number of carbonyl (C=O) groups excluding carboxylic acids is 1. The first-order chi connectivity index (χ1) is 14.0. The molecule has 2 aromatic heterocycles. The molecule has 1 aromatic carbocycles. The molecule has 0 aliphatic carbocycles. The Morgan fingerprint density at radius 2 is 1.90 bits per heavy atom. The predicted octanol–water partition coefficient (Wildman–Crippen LogP) is 1.85. The molecule has 0 unspecified atom stereocenters. The molecule has 1 amide bonds. The lowest BCUT2D eigenvalue weighted by Crippen LogP contribution is -2.41. The highest BCUT2D eigenvalue weighted by atomic mass is 35.5. The van der Waals surface area contributed by atoms with Gasteiger partial charge in [-0.25, -0.2) is 0 Å². The molecule has 3 aromatic rings. The number of amides is 1. The number of fused-ring (bicyclic) bond motifs is 1. The van der Waals surface area contributed by atoms with E-state index in [4.69, 9.17) is 16.3 Å². The van der Waals surface area contributed by atoms with Crippen molar-refractivity contribution in [2.45, 2.75) is 19.8 Å². The number of hydrogen-bond donors (Lipinski definition) is 0. The number of ether oxygens (including phenoxy) is 1. The van der Waals surface area contributed by atoms with E-state index < -0.39 is 0 Å². The number of hydrogen-bond acceptors (Lipinski definition) is 5. The molecule has 29 heavy (non-hydrogen) atoms. The van der Waals surface area contributed by atoms with Crippen molar-refractivity contribution in [3.63, 3.8) is 0 Å². The first-order valence-electron chi connectivity index (χ1n) is 9.52. The number of benzene rings is 1. The van der Waals surface area contributed by atoms with E-state index in [1.807, 2.05) is 30.7 Å². The molecule has 1 aliphatic rings. The molecule has 0 saturated carbocycles. The summed E-state index contributed by atoms with van der Waals surface area (Å²) in [7, 11) is 1.84. The van der Waals surface area contributed by atoms with Crippen molar-refractivity contribution in [2.75, 3.05) is 26.3 Å². The van der Waals surface area contributed by atoms with Crippen LogP contribution in [0.1, 0.15) is 17.7 Å². The number of rotatable bonds is 4. The van der Waals surface area contributed by atoms with Gasteiger partial charge in [-0.15, -0.1) is 5.10 Å². The van der Waals surface area contributed by atoms with Crippen LogP contribution in [0.5, 0.6) is 0 Å². The van der Waals surface area contributed by atoms with E-state index in [0.29, 0.717) is 54.9 Å². The summed E-state index contributed by atoms with van der Waals surface area (Å²) >= 11 is 5.95. The van der Waals surface area contributed by atoms with E-state index in [1.165, 1.54) is 4.52 Å². The molecule has 0 spiro atoms. The maximum absolute atomic E-state index is 13.1. The molecule has 0 N–H and O–H groups in total. The quantitative estimate of drug-likeness (QED) is 0.649. The number of halogens is 1. The lowest BCUT2D eigenvalue weighted by atomic mass is 10.1. The molecule has 9 heteroatoms. The van der Waals surface area contributed by atoms with Crippen LogP contribution < -0.4 is 5.56 Å². The summed E-state index contributed by atoms with van der Waals surface area (Å²) in [5, 5.41) is 5.03. The lowest BCUT2D eigenvalue weighted by molar-refractivity contribution is -0.135. The normalized spacial score (nSPS) is 14.5. The SMILES string of the molecule is Cc1c(CCC(=O)N2CCOCC2)c(=O)n2nc(-c3ccc(Cl)cc3)nc2n1C. The highest BCUT2D eigenvalue weighted by molar-refractivity contribution is 6.30. The second-order valence-corrected chi connectivity index (χ2v) is 7.51.